The van der Waals surface area contributed by atoms with Crippen LogP contribution in [0.2, 0.25) is 0 Å². The normalized spacial score (nSPS) is 20.8. The van der Waals surface area contributed by atoms with Crippen molar-refractivity contribution >= 4 is 29.1 Å². The maximum atomic E-state index is 12.1. The summed E-state index contributed by atoms with van der Waals surface area (Å²) in [5, 5.41) is 10.9. The van der Waals surface area contributed by atoms with Gasteiger partial charge >= 0.3 is 5.97 Å². The second-order valence-corrected chi connectivity index (χ2v) is 5.79. The number of amides is 2. The molecule has 0 bridgehead atoms. The molecule has 1 heterocycles. The predicted octanol–water partition coefficient (Wildman–Crippen LogP) is 1.48. The van der Waals surface area contributed by atoms with Crippen molar-refractivity contribution < 1.29 is 19.5 Å². The molecule has 1 aromatic rings. The molecule has 0 radical (unpaired) electrons. The topological polar surface area (TPSA) is 95.5 Å². The number of nitrogens with one attached hydrogen (secondary N) is 2. The third-order valence-electron chi connectivity index (χ3n) is 3.45. The Kier molecular flexibility index (Phi) is 4.74. The van der Waals surface area contributed by atoms with Gasteiger partial charge in [-0.2, -0.15) is 0 Å². The van der Waals surface area contributed by atoms with Crippen molar-refractivity contribution in [1.82, 2.24) is 10.9 Å². The molecular formula is C14H16N2O4S. The van der Waals surface area contributed by atoms with Crippen molar-refractivity contribution in [2.45, 2.75) is 19.8 Å². The Bertz CT molecular complexity index is 594. The molecule has 7 heteroatoms. The zero-order chi connectivity index (χ0) is 15.4. The molecule has 2 rings (SSSR count). The number of hydrogen-bond acceptors (Lipinski definition) is 4. The lowest BCUT2D eigenvalue weighted by atomic mass is 9.82. The lowest BCUT2D eigenvalue weighted by Gasteiger charge is -2.24. The van der Waals surface area contributed by atoms with Crippen molar-refractivity contribution in [2.24, 2.45) is 11.8 Å². The second kappa shape index (κ2) is 6.53. The van der Waals surface area contributed by atoms with E-state index < -0.39 is 29.6 Å². The Hall–Kier alpha value is -2.15. The van der Waals surface area contributed by atoms with Gasteiger partial charge < -0.3 is 5.11 Å². The van der Waals surface area contributed by atoms with E-state index in [4.69, 9.17) is 5.11 Å². The van der Waals surface area contributed by atoms with E-state index in [9.17, 15) is 14.4 Å². The van der Waals surface area contributed by atoms with Crippen LogP contribution in [-0.2, 0) is 9.59 Å². The van der Waals surface area contributed by atoms with E-state index in [1.54, 1.807) is 24.5 Å². The van der Waals surface area contributed by atoms with Gasteiger partial charge in [0.25, 0.3) is 5.91 Å². The first-order valence-electron chi connectivity index (χ1n) is 6.52. The summed E-state index contributed by atoms with van der Waals surface area (Å²) in [6.07, 6.45) is 4.23. The molecule has 0 saturated carbocycles. The molecule has 0 spiro atoms. The Morgan fingerprint density at radius 3 is 2.43 bits per heavy atom. The maximum Gasteiger partial charge on any atom is 0.307 e. The zero-order valence-corrected chi connectivity index (χ0v) is 12.3. The van der Waals surface area contributed by atoms with Gasteiger partial charge in [-0.05, 0) is 36.8 Å². The summed E-state index contributed by atoms with van der Waals surface area (Å²) in [6, 6.07) is 1.81. The van der Waals surface area contributed by atoms with Gasteiger partial charge in [0.2, 0.25) is 5.91 Å². The van der Waals surface area contributed by atoms with Crippen molar-refractivity contribution in [1.29, 1.82) is 0 Å². The van der Waals surface area contributed by atoms with E-state index in [-0.39, 0.29) is 0 Å². The van der Waals surface area contributed by atoms with Gasteiger partial charge in [-0.1, -0.05) is 12.2 Å². The highest BCUT2D eigenvalue weighted by molar-refractivity contribution is 7.12. The summed E-state index contributed by atoms with van der Waals surface area (Å²) < 4.78 is 0. The van der Waals surface area contributed by atoms with Crippen LogP contribution in [-0.4, -0.2) is 22.9 Å². The average Bonchev–Trinajstić information content (AvgIpc) is 2.90. The third kappa shape index (κ3) is 3.49. The summed E-state index contributed by atoms with van der Waals surface area (Å²) in [7, 11) is 0. The molecule has 112 valence electrons. The average molecular weight is 308 g/mol. The second-order valence-electron chi connectivity index (χ2n) is 4.87. The van der Waals surface area contributed by atoms with Crippen LogP contribution in [0.4, 0.5) is 0 Å². The number of aryl methyl sites for hydroxylation is 1. The fourth-order valence-corrected chi connectivity index (χ4v) is 3.07. The summed E-state index contributed by atoms with van der Waals surface area (Å²) in [4.78, 5) is 35.6. The van der Waals surface area contributed by atoms with E-state index in [1.165, 1.54) is 11.3 Å². The van der Waals surface area contributed by atoms with Crippen LogP contribution in [0.1, 0.15) is 28.1 Å². The van der Waals surface area contributed by atoms with Gasteiger partial charge in [0.1, 0.15) is 0 Å². The summed E-state index contributed by atoms with van der Waals surface area (Å²) >= 11 is 1.28. The number of allylic oxidation sites excluding steroid dienone is 2. The molecule has 1 aliphatic rings. The minimum atomic E-state index is -1.00. The molecule has 6 nitrogen and oxygen atoms in total. The first kappa shape index (κ1) is 15.2. The Balaban J connectivity index is 1.95. The predicted molar refractivity (Wildman–Crippen MR) is 77.7 cm³/mol. The third-order valence-corrected chi connectivity index (χ3v) is 4.47. The number of rotatable bonds is 3. The number of thiophene rings is 1. The van der Waals surface area contributed by atoms with Crippen molar-refractivity contribution in [3.63, 3.8) is 0 Å². The molecule has 3 N–H and O–H groups in total. The number of aliphatic carboxylic acids is 1. The zero-order valence-electron chi connectivity index (χ0n) is 11.5. The van der Waals surface area contributed by atoms with Crippen LogP contribution in [0.3, 0.4) is 0 Å². The summed E-state index contributed by atoms with van der Waals surface area (Å²) in [5.41, 5.74) is 5.49. The van der Waals surface area contributed by atoms with Gasteiger partial charge in [-0.25, -0.2) is 0 Å². The van der Waals surface area contributed by atoms with E-state index in [0.29, 0.717) is 17.7 Å². The molecule has 2 amide bonds. The number of hydrogen-bond donors (Lipinski definition) is 3. The van der Waals surface area contributed by atoms with Crippen LogP contribution in [0.25, 0.3) is 0 Å². The highest BCUT2D eigenvalue weighted by Gasteiger charge is 2.34. The van der Waals surface area contributed by atoms with Gasteiger partial charge in [0, 0.05) is 0 Å². The van der Waals surface area contributed by atoms with E-state index in [1.807, 2.05) is 6.07 Å². The van der Waals surface area contributed by atoms with Crippen LogP contribution in [0.5, 0.6) is 0 Å². The molecule has 0 aliphatic heterocycles. The fraction of sp³-hybridized carbons (Fsp3) is 0.357. The lowest BCUT2D eigenvalue weighted by Crippen LogP contribution is -2.47. The molecule has 0 unspecified atom stereocenters. The van der Waals surface area contributed by atoms with Crippen molar-refractivity contribution in [3.05, 3.63) is 34.0 Å². The Morgan fingerprint density at radius 1 is 1.19 bits per heavy atom. The highest BCUT2D eigenvalue weighted by Crippen LogP contribution is 2.25. The number of carboxylic acids is 1. The van der Waals surface area contributed by atoms with E-state index in [0.717, 1.165) is 5.56 Å². The molecule has 1 aromatic heterocycles. The molecule has 1 aliphatic carbocycles. The first-order valence-corrected chi connectivity index (χ1v) is 7.40. The molecule has 2 atom stereocenters. The lowest BCUT2D eigenvalue weighted by molar-refractivity contribution is -0.147. The molecule has 0 aromatic carbocycles. The smallest absolute Gasteiger partial charge is 0.307 e. The largest absolute Gasteiger partial charge is 0.481 e. The summed E-state index contributed by atoms with van der Waals surface area (Å²) in [6.45, 7) is 1.81. The van der Waals surface area contributed by atoms with Crippen LogP contribution < -0.4 is 10.9 Å². The minimum absolute atomic E-state index is 0.325. The van der Waals surface area contributed by atoms with E-state index in [2.05, 4.69) is 10.9 Å². The summed E-state index contributed by atoms with van der Waals surface area (Å²) in [5.74, 6) is -3.30. The molecule has 0 fully saturated rings. The molecule has 0 saturated heterocycles. The van der Waals surface area contributed by atoms with Crippen molar-refractivity contribution in [3.8, 4) is 0 Å². The van der Waals surface area contributed by atoms with Crippen LogP contribution >= 0.6 is 11.3 Å². The molecule has 21 heavy (non-hydrogen) atoms. The minimum Gasteiger partial charge on any atom is -0.481 e. The van der Waals surface area contributed by atoms with Gasteiger partial charge in [-0.3, -0.25) is 25.2 Å². The first-order chi connectivity index (χ1) is 10.0. The van der Waals surface area contributed by atoms with Gasteiger partial charge in [-0.15, -0.1) is 11.3 Å². The van der Waals surface area contributed by atoms with Crippen LogP contribution in [0.15, 0.2) is 23.6 Å². The van der Waals surface area contributed by atoms with E-state index >= 15 is 0 Å². The highest BCUT2D eigenvalue weighted by atomic mass is 32.1. The molecular weight excluding hydrogens is 292 g/mol. The maximum absolute atomic E-state index is 12.1. The monoisotopic (exact) mass is 308 g/mol. The number of carbonyl (C=O) groups excluding carboxylic acids is 2. The van der Waals surface area contributed by atoms with Gasteiger partial charge in [0.05, 0.1) is 16.7 Å². The fourth-order valence-electron chi connectivity index (χ4n) is 2.25. The number of hydrazine groups is 1. The SMILES string of the molecule is Cc1ccsc1C(=O)NNC(=O)[C@H]1CC=CC[C@H]1C(=O)O. The van der Waals surface area contributed by atoms with Crippen LogP contribution in [0, 0.1) is 18.8 Å². The number of carboxylic acid groups (broad SMARTS) is 1. The number of carbonyl (C=O) groups is 3. The standard InChI is InChI=1S/C14H16N2O4S/c1-8-6-7-21-11(8)13(18)16-15-12(17)9-4-2-3-5-10(9)14(19)20/h2-3,6-7,9-10H,4-5H2,1H3,(H,15,17)(H,16,18)(H,19,20)/t9-,10+/m0/s1. The van der Waals surface area contributed by atoms with Gasteiger partial charge in [0.15, 0.2) is 0 Å². The quantitative estimate of drug-likeness (QED) is 0.582. The Morgan fingerprint density at radius 2 is 1.86 bits per heavy atom. The van der Waals surface area contributed by atoms with Crippen molar-refractivity contribution in [2.75, 3.05) is 0 Å². The Labute approximate surface area is 125 Å².